The average molecular weight is 850 g/mol. The fourth-order valence-corrected chi connectivity index (χ4v) is 8.95. The maximum absolute atomic E-state index is 17.3. The molecule has 308 valence electrons. The van der Waals surface area contributed by atoms with Crippen LogP contribution in [0.3, 0.4) is 0 Å². The largest absolute Gasteiger partial charge is 0.506 e. The smallest absolute Gasteiger partial charge is 0.420 e. The van der Waals surface area contributed by atoms with Gasteiger partial charge in [-0.15, -0.1) is 0 Å². The molecule has 0 spiro atoms. The monoisotopic (exact) mass is 849 g/mol. The highest BCUT2D eigenvalue weighted by Gasteiger charge is 2.49. The van der Waals surface area contributed by atoms with Gasteiger partial charge in [-0.25, -0.2) is 18.2 Å². The van der Waals surface area contributed by atoms with Crippen LogP contribution in [-0.2, 0) is 10.9 Å². The Hall–Kier alpha value is -4.74. The molecule has 3 fully saturated rings. The van der Waals surface area contributed by atoms with E-state index in [4.69, 9.17) is 32.5 Å². The molecule has 7 rings (SSSR count). The van der Waals surface area contributed by atoms with Crippen LogP contribution in [0.4, 0.5) is 38.0 Å². The van der Waals surface area contributed by atoms with Gasteiger partial charge in [0.15, 0.2) is 5.82 Å². The zero-order valence-electron chi connectivity index (χ0n) is 30.8. The summed E-state index contributed by atoms with van der Waals surface area (Å²) in [6, 6.07) is 3.33. The number of ether oxygens (including phenoxy) is 2. The van der Waals surface area contributed by atoms with Crippen molar-refractivity contribution in [2.24, 2.45) is 5.73 Å². The second-order valence-corrected chi connectivity index (χ2v) is 16.0. The summed E-state index contributed by atoms with van der Waals surface area (Å²) >= 11 is 6.80. The molecule has 58 heavy (non-hydrogen) atoms. The lowest BCUT2D eigenvalue weighted by Gasteiger charge is -2.31. The zero-order valence-corrected chi connectivity index (χ0v) is 32.4. The molecular weight excluding hydrogens is 812 g/mol. The van der Waals surface area contributed by atoms with Gasteiger partial charge in [-0.2, -0.15) is 28.4 Å². The summed E-state index contributed by atoms with van der Waals surface area (Å²) in [5.74, 6) is -4.57. The van der Waals surface area contributed by atoms with E-state index >= 15 is 22.0 Å². The molecule has 12 nitrogen and oxygen atoms in total. The van der Waals surface area contributed by atoms with Crippen LogP contribution in [-0.4, -0.2) is 94.1 Å². The first-order chi connectivity index (χ1) is 27.6. The van der Waals surface area contributed by atoms with E-state index in [2.05, 4.69) is 31.7 Å². The van der Waals surface area contributed by atoms with E-state index < -0.39 is 91.2 Å². The summed E-state index contributed by atoms with van der Waals surface area (Å²) in [6.45, 7) is 6.73. The fraction of sp³-hybridized carbons (Fsp3) is 0.421. The Morgan fingerprint density at radius 1 is 1.24 bits per heavy atom. The Bertz CT molecular complexity index is 2290. The predicted octanol–water partition coefficient (Wildman–Crippen LogP) is 7.15. The standard InChI is InChI=1S/C38H38ClF6N9O3S/c1-19(47)58-33-24(15-46)22(3-4-25(33)41)27-29(38(43,44)45)32(55)28-31(30(27)42)51-36(57-18-37-6-2-7-54(37)17-21(40)14-37)52-35(28)50-26(5-8-53-9-11-56-12-10-53)23-13-20(39)16-49-34(23)48/h3-4,13,16,21,26,55H,1-2,5-12,14,17-18,47H2,(H2,48,49)(H,50,51,52)/t21-,26-,37+/m1/s1. The summed E-state index contributed by atoms with van der Waals surface area (Å²) < 4.78 is 104. The molecule has 5 heterocycles. The molecule has 2 aromatic heterocycles. The maximum Gasteiger partial charge on any atom is 0.420 e. The summed E-state index contributed by atoms with van der Waals surface area (Å²) in [6.07, 6.45) is -3.51. The Morgan fingerprint density at radius 2 is 2.00 bits per heavy atom. The van der Waals surface area contributed by atoms with Gasteiger partial charge in [-0.05, 0) is 44.0 Å². The van der Waals surface area contributed by atoms with Gasteiger partial charge in [0.05, 0.1) is 50.7 Å². The molecule has 3 aliphatic heterocycles. The minimum absolute atomic E-state index is 0.0315. The highest BCUT2D eigenvalue weighted by Crippen LogP contribution is 2.51. The second kappa shape index (κ2) is 16.5. The van der Waals surface area contributed by atoms with Crippen LogP contribution >= 0.6 is 23.4 Å². The SMILES string of the molecule is C=C(N)Sc1c(F)ccc(-c2c(C(F)(F)F)c(O)c3c(N[C@H](CCN4CCOCC4)c4cc(Cl)cnc4N)nc(OC[C@@]45CCCN4C[C@H](F)C5)nc3c2F)c1C#N. The molecule has 2 aromatic carbocycles. The zero-order chi connectivity index (χ0) is 41.5. The van der Waals surface area contributed by atoms with Crippen LogP contribution in [0.25, 0.3) is 22.0 Å². The number of pyridine rings is 1. The van der Waals surface area contributed by atoms with Gasteiger partial charge in [-0.3, -0.25) is 9.80 Å². The van der Waals surface area contributed by atoms with Crippen LogP contribution in [0.1, 0.15) is 48.4 Å². The molecule has 0 amide bonds. The molecule has 0 saturated carbocycles. The number of hydrogen-bond acceptors (Lipinski definition) is 13. The number of benzene rings is 2. The van der Waals surface area contributed by atoms with E-state index in [1.807, 2.05) is 4.90 Å². The molecule has 6 N–H and O–H groups in total. The van der Waals surface area contributed by atoms with Crippen molar-refractivity contribution in [2.45, 2.75) is 54.5 Å². The lowest BCUT2D eigenvalue weighted by molar-refractivity contribution is -0.138. The third-order valence-corrected chi connectivity index (χ3v) is 11.8. The van der Waals surface area contributed by atoms with Crippen LogP contribution in [0.5, 0.6) is 11.8 Å². The molecule has 0 unspecified atom stereocenters. The predicted molar refractivity (Wildman–Crippen MR) is 206 cm³/mol. The first-order valence-electron chi connectivity index (χ1n) is 18.3. The van der Waals surface area contributed by atoms with Crippen LogP contribution < -0.4 is 21.5 Å². The van der Waals surface area contributed by atoms with Gasteiger partial charge in [0.2, 0.25) is 0 Å². The number of aromatic hydroxyl groups is 1. The Balaban J connectivity index is 1.45. The number of alkyl halides is 4. The lowest BCUT2D eigenvalue weighted by Crippen LogP contribution is -2.43. The van der Waals surface area contributed by atoms with Gasteiger partial charge in [0.25, 0.3) is 0 Å². The van der Waals surface area contributed by atoms with Crippen LogP contribution in [0, 0.1) is 23.0 Å². The number of phenols is 1. The number of aromatic nitrogens is 3. The van der Waals surface area contributed by atoms with Crippen molar-refractivity contribution in [3.8, 4) is 29.0 Å². The molecule has 20 heteroatoms. The quantitative estimate of drug-likeness (QED) is 0.0838. The average Bonchev–Trinajstić information content (AvgIpc) is 3.70. The highest BCUT2D eigenvalue weighted by molar-refractivity contribution is 8.03. The number of nitrogens with two attached hydrogens (primary N) is 2. The maximum atomic E-state index is 17.3. The van der Waals surface area contributed by atoms with Crippen molar-refractivity contribution in [3.05, 3.63) is 69.4 Å². The van der Waals surface area contributed by atoms with E-state index in [9.17, 15) is 14.8 Å². The van der Waals surface area contributed by atoms with Gasteiger partial charge >= 0.3 is 12.2 Å². The lowest BCUT2D eigenvalue weighted by atomic mass is 9.92. The molecule has 0 aliphatic carbocycles. The number of phenolic OH excluding ortho intramolecular Hbond substituents is 1. The van der Waals surface area contributed by atoms with Crippen molar-refractivity contribution < 1.29 is 40.9 Å². The number of fused-ring (bicyclic) bond motifs is 2. The normalized spacial score (nSPS) is 20.6. The number of hydrogen-bond donors (Lipinski definition) is 4. The highest BCUT2D eigenvalue weighted by atomic mass is 35.5. The molecule has 4 aromatic rings. The topological polar surface area (TPSA) is 172 Å². The number of nitrogens with one attached hydrogen (secondary N) is 1. The van der Waals surface area contributed by atoms with Crippen molar-refractivity contribution in [3.63, 3.8) is 0 Å². The van der Waals surface area contributed by atoms with Crippen molar-refractivity contribution in [2.75, 3.05) is 63.6 Å². The number of morpholine rings is 1. The van der Waals surface area contributed by atoms with E-state index in [1.54, 1.807) is 6.07 Å². The Kier molecular flexibility index (Phi) is 11.8. The molecule has 0 radical (unpaired) electrons. The van der Waals surface area contributed by atoms with Gasteiger partial charge in [0.1, 0.15) is 53.1 Å². The van der Waals surface area contributed by atoms with Crippen LogP contribution in [0.15, 0.2) is 40.9 Å². The van der Waals surface area contributed by atoms with Crippen molar-refractivity contribution >= 4 is 45.9 Å². The third kappa shape index (κ3) is 8.12. The molecule has 0 bridgehead atoms. The van der Waals surface area contributed by atoms with Gasteiger partial charge < -0.3 is 31.4 Å². The Morgan fingerprint density at radius 3 is 2.71 bits per heavy atom. The van der Waals surface area contributed by atoms with E-state index in [-0.39, 0.29) is 41.9 Å². The third-order valence-electron chi connectivity index (χ3n) is 10.7. The van der Waals surface area contributed by atoms with E-state index in [1.165, 1.54) is 12.3 Å². The molecule has 3 aliphatic rings. The minimum atomic E-state index is -5.46. The first kappa shape index (κ1) is 41.4. The second-order valence-electron chi connectivity index (χ2n) is 14.4. The minimum Gasteiger partial charge on any atom is -0.506 e. The number of nitriles is 1. The molecular formula is C38H38ClF6N9O3S. The number of anilines is 2. The fourth-order valence-electron chi connectivity index (χ4n) is 8.10. The summed E-state index contributed by atoms with van der Waals surface area (Å²) in [5.41, 5.74) is 6.19. The number of halogens is 7. The van der Waals surface area contributed by atoms with Gasteiger partial charge in [0, 0.05) is 55.5 Å². The number of thioether (sulfide) groups is 1. The van der Waals surface area contributed by atoms with E-state index in [0.717, 1.165) is 18.6 Å². The Labute approximate surface area is 338 Å². The first-order valence-corrected chi connectivity index (χ1v) is 19.5. The number of nitrogen functional groups attached to an aromatic ring is 1. The van der Waals surface area contributed by atoms with Crippen molar-refractivity contribution in [1.82, 2.24) is 24.8 Å². The number of rotatable bonds is 12. The van der Waals surface area contributed by atoms with Gasteiger partial charge in [-0.1, -0.05) is 29.9 Å². The van der Waals surface area contributed by atoms with Crippen molar-refractivity contribution in [1.29, 1.82) is 5.26 Å². The van der Waals surface area contributed by atoms with E-state index in [0.29, 0.717) is 63.1 Å². The summed E-state index contributed by atoms with van der Waals surface area (Å²) in [5, 5.41) is 24.2. The molecule has 3 atom stereocenters. The summed E-state index contributed by atoms with van der Waals surface area (Å²) in [4.78, 5) is 16.3. The molecule has 3 saturated heterocycles. The van der Waals surface area contributed by atoms with Crippen LogP contribution in [0.2, 0.25) is 5.02 Å². The number of nitrogens with zero attached hydrogens (tertiary/aromatic N) is 6. The summed E-state index contributed by atoms with van der Waals surface area (Å²) in [7, 11) is 0.